The molecule has 0 unspecified atom stereocenters. The van der Waals surface area contributed by atoms with E-state index in [1.54, 1.807) is 0 Å². The second-order valence-electron chi connectivity index (χ2n) is 4.04. The Morgan fingerprint density at radius 2 is 2.05 bits per heavy atom. The lowest BCUT2D eigenvalue weighted by Crippen LogP contribution is -2.32. The van der Waals surface area contributed by atoms with Crippen LogP contribution >= 0.6 is 0 Å². The van der Waals surface area contributed by atoms with Gasteiger partial charge in [-0.25, -0.2) is 0 Å². The molecule has 0 saturated carbocycles. The SMILES string of the molecule is Cc1nnc(NNC(=O)c2ccccc2OC(F)F)[nH]c1=O. The molecule has 0 spiro atoms. The van der Waals surface area contributed by atoms with E-state index >= 15 is 0 Å². The molecule has 0 fully saturated rings. The largest absolute Gasteiger partial charge is 0.434 e. The smallest absolute Gasteiger partial charge is 0.387 e. The number of para-hydroxylation sites is 1. The predicted molar refractivity (Wildman–Crippen MR) is 71.6 cm³/mol. The van der Waals surface area contributed by atoms with E-state index in [2.05, 4.69) is 30.8 Å². The van der Waals surface area contributed by atoms with Crippen LogP contribution in [0.5, 0.6) is 5.75 Å². The molecule has 1 heterocycles. The topological polar surface area (TPSA) is 109 Å². The van der Waals surface area contributed by atoms with Crippen LogP contribution in [-0.2, 0) is 0 Å². The minimum absolute atomic E-state index is 0.101. The Bertz CT molecular complexity index is 735. The number of nitrogens with one attached hydrogen (secondary N) is 3. The summed E-state index contributed by atoms with van der Waals surface area (Å²) in [6, 6.07) is 5.47. The summed E-state index contributed by atoms with van der Waals surface area (Å²) in [5, 5.41) is 7.15. The van der Waals surface area contributed by atoms with Crippen LogP contribution in [0.2, 0.25) is 0 Å². The molecule has 0 radical (unpaired) electrons. The molecule has 1 aromatic carbocycles. The zero-order valence-corrected chi connectivity index (χ0v) is 11.3. The van der Waals surface area contributed by atoms with Crippen molar-refractivity contribution in [1.29, 1.82) is 0 Å². The standard InChI is InChI=1S/C12H11F2N5O3/c1-6-9(20)15-12(18-16-6)19-17-10(21)7-4-2-3-5-8(7)22-11(13)14/h2-5,11H,1H3,(H,17,21)(H2,15,18,19,20). The number of aryl methyl sites for hydroxylation is 1. The molecule has 10 heteroatoms. The van der Waals surface area contributed by atoms with Crippen molar-refractivity contribution in [2.75, 3.05) is 5.43 Å². The second-order valence-corrected chi connectivity index (χ2v) is 4.04. The molecule has 2 aromatic rings. The number of alkyl halides is 2. The van der Waals surface area contributed by atoms with Gasteiger partial charge in [0.25, 0.3) is 11.5 Å². The highest BCUT2D eigenvalue weighted by Gasteiger charge is 2.15. The van der Waals surface area contributed by atoms with Crippen LogP contribution in [0.1, 0.15) is 16.1 Å². The average Bonchev–Trinajstić information content (AvgIpc) is 2.48. The highest BCUT2D eigenvalue weighted by atomic mass is 19.3. The molecule has 2 rings (SSSR count). The molecule has 1 amide bonds. The van der Waals surface area contributed by atoms with Crippen molar-refractivity contribution in [3.8, 4) is 5.75 Å². The van der Waals surface area contributed by atoms with Gasteiger partial charge in [-0.05, 0) is 19.1 Å². The second kappa shape index (κ2) is 6.61. The first-order valence-corrected chi connectivity index (χ1v) is 6.01. The Labute approximate surface area is 122 Å². The van der Waals surface area contributed by atoms with E-state index in [4.69, 9.17) is 0 Å². The Hall–Kier alpha value is -3.04. The lowest BCUT2D eigenvalue weighted by atomic mass is 10.2. The minimum atomic E-state index is -3.05. The molecule has 0 aliphatic rings. The first-order valence-electron chi connectivity index (χ1n) is 6.01. The zero-order valence-electron chi connectivity index (χ0n) is 11.3. The summed E-state index contributed by atoms with van der Waals surface area (Å²) < 4.78 is 28.8. The maximum atomic E-state index is 12.3. The van der Waals surface area contributed by atoms with Crippen LogP contribution in [0.15, 0.2) is 29.1 Å². The van der Waals surface area contributed by atoms with Crippen molar-refractivity contribution in [3.63, 3.8) is 0 Å². The van der Waals surface area contributed by atoms with Gasteiger partial charge < -0.3 is 4.74 Å². The molecule has 8 nitrogen and oxygen atoms in total. The van der Waals surface area contributed by atoms with Crippen LogP contribution in [0.4, 0.5) is 14.7 Å². The van der Waals surface area contributed by atoms with Crippen molar-refractivity contribution in [1.82, 2.24) is 20.6 Å². The Morgan fingerprint density at radius 3 is 2.73 bits per heavy atom. The number of amides is 1. The Balaban J connectivity index is 2.09. The normalized spacial score (nSPS) is 10.4. The number of ether oxygens (including phenoxy) is 1. The molecular weight excluding hydrogens is 300 g/mol. The number of carbonyl (C=O) groups is 1. The van der Waals surface area contributed by atoms with E-state index in [1.165, 1.54) is 31.2 Å². The first kappa shape index (κ1) is 15.4. The minimum Gasteiger partial charge on any atom is -0.434 e. The number of hydrogen-bond acceptors (Lipinski definition) is 6. The summed E-state index contributed by atoms with van der Waals surface area (Å²) in [5.74, 6) is -1.13. The van der Waals surface area contributed by atoms with Gasteiger partial charge >= 0.3 is 6.61 Å². The molecule has 0 atom stereocenters. The van der Waals surface area contributed by atoms with E-state index in [-0.39, 0.29) is 23.0 Å². The van der Waals surface area contributed by atoms with Gasteiger partial charge in [0.1, 0.15) is 11.4 Å². The molecule has 3 N–H and O–H groups in total. The molecule has 1 aromatic heterocycles. The lowest BCUT2D eigenvalue weighted by molar-refractivity contribution is -0.0501. The van der Waals surface area contributed by atoms with Gasteiger partial charge in [0, 0.05) is 0 Å². The van der Waals surface area contributed by atoms with E-state index in [0.717, 1.165) is 0 Å². The summed E-state index contributed by atoms with van der Waals surface area (Å²) in [6.45, 7) is -1.59. The maximum absolute atomic E-state index is 12.3. The van der Waals surface area contributed by atoms with Crippen LogP contribution in [0, 0.1) is 6.92 Å². The van der Waals surface area contributed by atoms with Crippen molar-refractivity contribution in [3.05, 3.63) is 45.9 Å². The fourth-order valence-corrected chi connectivity index (χ4v) is 1.49. The molecular formula is C12H11F2N5O3. The number of benzene rings is 1. The molecule has 0 bridgehead atoms. The van der Waals surface area contributed by atoms with Gasteiger partial charge in [-0.15, -0.1) is 10.2 Å². The molecule has 0 aliphatic heterocycles. The summed E-state index contributed by atoms with van der Waals surface area (Å²) in [6.07, 6.45) is 0. The van der Waals surface area contributed by atoms with Crippen LogP contribution < -0.4 is 21.1 Å². The molecule has 116 valence electrons. The van der Waals surface area contributed by atoms with Gasteiger partial charge in [0.2, 0.25) is 5.95 Å². The third kappa shape index (κ3) is 3.75. The number of H-pyrrole nitrogens is 1. The van der Waals surface area contributed by atoms with Crippen LogP contribution in [0.3, 0.4) is 0 Å². The predicted octanol–water partition coefficient (Wildman–Crippen LogP) is 0.832. The van der Waals surface area contributed by atoms with Crippen molar-refractivity contribution in [2.24, 2.45) is 0 Å². The monoisotopic (exact) mass is 311 g/mol. The third-order valence-electron chi connectivity index (χ3n) is 2.50. The fraction of sp³-hybridized carbons (Fsp3) is 0.167. The first-order chi connectivity index (χ1) is 10.5. The van der Waals surface area contributed by atoms with E-state index in [1.807, 2.05) is 0 Å². The maximum Gasteiger partial charge on any atom is 0.387 e. The number of hydrazine groups is 1. The number of halogens is 2. The number of carbonyl (C=O) groups excluding carboxylic acids is 1. The number of aromatic nitrogens is 3. The summed E-state index contributed by atoms with van der Waals surface area (Å²) >= 11 is 0. The number of rotatable bonds is 5. The van der Waals surface area contributed by atoms with Gasteiger partial charge in [-0.3, -0.25) is 25.4 Å². The number of nitrogens with zero attached hydrogens (tertiary/aromatic N) is 2. The Kier molecular flexibility index (Phi) is 4.61. The van der Waals surface area contributed by atoms with Gasteiger partial charge in [-0.2, -0.15) is 8.78 Å². The highest BCUT2D eigenvalue weighted by Crippen LogP contribution is 2.19. The summed E-state index contributed by atoms with van der Waals surface area (Å²) in [5.41, 5.74) is 4.08. The van der Waals surface area contributed by atoms with Crippen LogP contribution in [0.25, 0.3) is 0 Å². The van der Waals surface area contributed by atoms with Crippen molar-refractivity contribution in [2.45, 2.75) is 13.5 Å². The van der Waals surface area contributed by atoms with Gasteiger partial charge in [0.15, 0.2) is 0 Å². The van der Waals surface area contributed by atoms with Gasteiger partial charge in [0.05, 0.1) is 5.56 Å². The average molecular weight is 311 g/mol. The number of anilines is 1. The van der Waals surface area contributed by atoms with Crippen molar-refractivity contribution >= 4 is 11.9 Å². The zero-order chi connectivity index (χ0) is 16.1. The molecule has 22 heavy (non-hydrogen) atoms. The molecule has 0 saturated heterocycles. The number of hydrogen-bond donors (Lipinski definition) is 3. The van der Waals surface area contributed by atoms with E-state index < -0.39 is 18.1 Å². The Morgan fingerprint density at radius 1 is 1.32 bits per heavy atom. The summed E-state index contributed by atoms with van der Waals surface area (Å²) in [7, 11) is 0. The quantitative estimate of drug-likeness (QED) is 0.706. The number of aromatic amines is 1. The van der Waals surface area contributed by atoms with Crippen molar-refractivity contribution < 1.29 is 18.3 Å². The van der Waals surface area contributed by atoms with E-state index in [0.29, 0.717) is 0 Å². The lowest BCUT2D eigenvalue weighted by Gasteiger charge is -2.11. The fourth-order valence-electron chi connectivity index (χ4n) is 1.49. The van der Waals surface area contributed by atoms with Crippen LogP contribution in [-0.4, -0.2) is 27.7 Å². The molecule has 0 aliphatic carbocycles. The van der Waals surface area contributed by atoms with E-state index in [9.17, 15) is 18.4 Å². The highest BCUT2D eigenvalue weighted by molar-refractivity contribution is 5.97. The van der Waals surface area contributed by atoms with Gasteiger partial charge in [-0.1, -0.05) is 12.1 Å². The summed E-state index contributed by atoms with van der Waals surface area (Å²) in [4.78, 5) is 25.6. The third-order valence-corrected chi connectivity index (χ3v) is 2.50.